The summed E-state index contributed by atoms with van der Waals surface area (Å²) < 4.78 is 36.3. The van der Waals surface area contributed by atoms with Crippen LogP contribution < -0.4 is 4.74 Å². The van der Waals surface area contributed by atoms with E-state index in [-0.39, 0.29) is 18.0 Å². The number of likely N-dealkylation sites (N-methyl/N-ethyl adjacent to an activating group) is 1. The van der Waals surface area contributed by atoms with E-state index in [9.17, 15) is 13.5 Å². The molecule has 114 valence electrons. The number of rotatable bonds is 8. The summed E-state index contributed by atoms with van der Waals surface area (Å²) >= 11 is 0. The zero-order valence-electron chi connectivity index (χ0n) is 12.0. The lowest BCUT2D eigenvalue weighted by molar-refractivity contribution is 0.180. The third kappa shape index (κ3) is 3.69. The molecule has 0 amide bonds. The lowest BCUT2D eigenvalue weighted by atomic mass is 10.2. The molecule has 0 aliphatic carbocycles. The van der Waals surface area contributed by atoms with E-state index in [1.165, 1.54) is 30.7 Å². The Hall–Kier alpha value is -1.15. The van der Waals surface area contributed by atoms with Crippen molar-refractivity contribution >= 4 is 10.0 Å². The van der Waals surface area contributed by atoms with Crippen molar-refractivity contribution in [1.82, 2.24) is 4.31 Å². The van der Waals surface area contributed by atoms with Crippen LogP contribution in [0.25, 0.3) is 0 Å². The molecule has 0 bridgehead atoms. The number of benzene rings is 1. The summed E-state index contributed by atoms with van der Waals surface area (Å²) in [5.74, 6) is 0.464. The third-order valence-electron chi connectivity index (χ3n) is 2.96. The molecule has 7 heteroatoms. The quantitative estimate of drug-likeness (QED) is 0.770. The van der Waals surface area contributed by atoms with Crippen LogP contribution in [0.3, 0.4) is 0 Å². The van der Waals surface area contributed by atoms with Crippen LogP contribution in [-0.4, -0.2) is 51.7 Å². The van der Waals surface area contributed by atoms with Crippen molar-refractivity contribution in [2.24, 2.45) is 0 Å². The van der Waals surface area contributed by atoms with E-state index in [0.29, 0.717) is 24.5 Å². The molecule has 20 heavy (non-hydrogen) atoms. The molecule has 0 atom stereocenters. The average Bonchev–Trinajstić information content (AvgIpc) is 2.46. The molecule has 0 aliphatic heterocycles. The number of methoxy groups -OCH3 is 2. The van der Waals surface area contributed by atoms with Gasteiger partial charge in [0.05, 0.1) is 25.2 Å². The molecule has 6 nitrogen and oxygen atoms in total. The maximum atomic E-state index is 12.5. The number of nitrogens with zero attached hydrogens (tertiary/aromatic N) is 1. The summed E-state index contributed by atoms with van der Waals surface area (Å²) in [6.07, 6.45) is 0. The highest BCUT2D eigenvalue weighted by atomic mass is 32.2. The van der Waals surface area contributed by atoms with Crippen molar-refractivity contribution in [3.05, 3.63) is 23.8 Å². The molecule has 0 aliphatic rings. The molecule has 0 fully saturated rings. The third-order valence-corrected chi connectivity index (χ3v) is 4.93. The molecule has 0 spiro atoms. The zero-order valence-corrected chi connectivity index (χ0v) is 12.8. The molecule has 0 aromatic heterocycles. The van der Waals surface area contributed by atoms with Crippen LogP contribution >= 0.6 is 0 Å². The van der Waals surface area contributed by atoms with E-state index in [1.54, 1.807) is 13.0 Å². The molecule has 1 rings (SSSR count). The van der Waals surface area contributed by atoms with Crippen molar-refractivity contribution < 1.29 is 23.0 Å². The first kappa shape index (κ1) is 16.9. The lowest BCUT2D eigenvalue weighted by Crippen LogP contribution is -2.33. The second-order valence-corrected chi connectivity index (χ2v) is 6.06. The van der Waals surface area contributed by atoms with Gasteiger partial charge in [-0.25, -0.2) is 8.42 Å². The van der Waals surface area contributed by atoms with Gasteiger partial charge < -0.3 is 14.6 Å². The van der Waals surface area contributed by atoms with Gasteiger partial charge in [0.2, 0.25) is 10.0 Å². The second-order valence-electron chi connectivity index (χ2n) is 4.12. The van der Waals surface area contributed by atoms with Crippen molar-refractivity contribution in [1.29, 1.82) is 0 Å². The van der Waals surface area contributed by atoms with Crippen LogP contribution in [0.5, 0.6) is 5.75 Å². The average molecular weight is 303 g/mol. The van der Waals surface area contributed by atoms with Crippen molar-refractivity contribution in [2.75, 3.05) is 33.9 Å². The number of aliphatic hydroxyl groups excluding tert-OH is 1. The van der Waals surface area contributed by atoms with E-state index in [1.807, 2.05) is 0 Å². The Labute approximate surface area is 120 Å². The Morgan fingerprint density at radius 2 is 2.00 bits per heavy atom. The largest absolute Gasteiger partial charge is 0.496 e. The summed E-state index contributed by atoms with van der Waals surface area (Å²) in [6, 6.07) is 4.45. The Bertz CT molecular complexity index is 530. The summed E-state index contributed by atoms with van der Waals surface area (Å²) in [4.78, 5) is 0.139. The molecule has 1 aromatic carbocycles. The van der Waals surface area contributed by atoms with E-state index in [2.05, 4.69) is 0 Å². The first-order chi connectivity index (χ1) is 9.51. The molecular weight excluding hydrogens is 282 g/mol. The van der Waals surface area contributed by atoms with E-state index in [4.69, 9.17) is 9.47 Å². The van der Waals surface area contributed by atoms with Gasteiger partial charge in [-0.05, 0) is 18.2 Å². The monoisotopic (exact) mass is 303 g/mol. The Morgan fingerprint density at radius 3 is 2.50 bits per heavy atom. The van der Waals surface area contributed by atoms with Crippen LogP contribution in [0, 0.1) is 0 Å². The predicted octanol–water partition coefficient (Wildman–Crippen LogP) is 0.844. The van der Waals surface area contributed by atoms with Gasteiger partial charge in [-0.15, -0.1) is 0 Å². The molecule has 0 saturated heterocycles. The molecule has 0 saturated carbocycles. The van der Waals surface area contributed by atoms with Gasteiger partial charge in [0.15, 0.2) is 0 Å². The molecule has 0 heterocycles. The van der Waals surface area contributed by atoms with Gasteiger partial charge in [-0.2, -0.15) is 4.31 Å². The summed E-state index contributed by atoms with van der Waals surface area (Å²) in [6.45, 7) is 2.46. The smallest absolute Gasteiger partial charge is 0.243 e. The fraction of sp³-hybridized carbons (Fsp3) is 0.538. The van der Waals surface area contributed by atoms with Gasteiger partial charge in [0, 0.05) is 25.8 Å². The predicted molar refractivity (Wildman–Crippen MR) is 75.2 cm³/mol. The highest BCUT2D eigenvalue weighted by Gasteiger charge is 2.23. The number of sulfonamides is 1. The van der Waals surface area contributed by atoms with Crippen molar-refractivity contribution in [3.8, 4) is 5.75 Å². The Balaban J connectivity index is 3.13. The summed E-state index contributed by atoms with van der Waals surface area (Å²) in [5.41, 5.74) is 0.441. The Kier molecular flexibility index (Phi) is 6.41. The highest BCUT2D eigenvalue weighted by molar-refractivity contribution is 7.89. The van der Waals surface area contributed by atoms with Gasteiger partial charge >= 0.3 is 0 Å². The van der Waals surface area contributed by atoms with Crippen LogP contribution in [0.2, 0.25) is 0 Å². The maximum Gasteiger partial charge on any atom is 0.243 e. The first-order valence-corrected chi connectivity index (χ1v) is 7.72. The van der Waals surface area contributed by atoms with E-state index >= 15 is 0 Å². The van der Waals surface area contributed by atoms with Crippen LogP contribution in [0.4, 0.5) is 0 Å². The maximum absolute atomic E-state index is 12.5. The standard InChI is InChI=1S/C13H21NO5S/c1-4-14(7-8-18-2)20(16,17)12-5-6-13(19-3)11(9-12)10-15/h5-6,9,15H,4,7-8,10H2,1-3H3. The number of aliphatic hydroxyl groups is 1. The summed E-state index contributed by atoms with van der Waals surface area (Å²) in [5, 5.41) is 9.27. The molecule has 1 N–H and O–H groups in total. The normalized spacial score (nSPS) is 11.8. The first-order valence-electron chi connectivity index (χ1n) is 6.28. The number of hydrogen-bond acceptors (Lipinski definition) is 5. The van der Waals surface area contributed by atoms with E-state index in [0.717, 1.165) is 0 Å². The number of hydrogen-bond donors (Lipinski definition) is 1. The SMILES string of the molecule is CCN(CCOC)S(=O)(=O)c1ccc(OC)c(CO)c1. The van der Waals surface area contributed by atoms with Crippen LogP contribution in [0.15, 0.2) is 23.1 Å². The topological polar surface area (TPSA) is 76.1 Å². The fourth-order valence-electron chi connectivity index (χ4n) is 1.83. The zero-order chi connectivity index (χ0) is 15.2. The van der Waals surface area contributed by atoms with Gasteiger partial charge in [0.25, 0.3) is 0 Å². The minimum Gasteiger partial charge on any atom is -0.496 e. The van der Waals surface area contributed by atoms with Gasteiger partial charge in [-0.3, -0.25) is 0 Å². The molecule has 1 aromatic rings. The van der Waals surface area contributed by atoms with Crippen molar-refractivity contribution in [3.63, 3.8) is 0 Å². The van der Waals surface area contributed by atoms with Crippen molar-refractivity contribution in [2.45, 2.75) is 18.4 Å². The number of ether oxygens (including phenoxy) is 2. The fourth-order valence-corrected chi connectivity index (χ4v) is 3.31. The molecule has 0 radical (unpaired) electrons. The van der Waals surface area contributed by atoms with Crippen LogP contribution in [0.1, 0.15) is 12.5 Å². The van der Waals surface area contributed by atoms with E-state index < -0.39 is 10.0 Å². The molecular formula is C13H21NO5S. The minimum absolute atomic E-state index is 0.139. The highest BCUT2D eigenvalue weighted by Crippen LogP contribution is 2.24. The minimum atomic E-state index is -3.59. The summed E-state index contributed by atoms with van der Waals surface area (Å²) in [7, 11) is -0.597. The van der Waals surface area contributed by atoms with Gasteiger partial charge in [-0.1, -0.05) is 6.92 Å². The van der Waals surface area contributed by atoms with Crippen LogP contribution in [-0.2, 0) is 21.4 Å². The second kappa shape index (κ2) is 7.58. The Morgan fingerprint density at radius 1 is 1.30 bits per heavy atom. The molecule has 0 unspecified atom stereocenters. The van der Waals surface area contributed by atoms with Gasteiger partial charge in [0.1, 0.15) is 5.75 Å². The lowest BCUT2D eigenvalue weighted by Gasteiger charge is -2.20.